The fraction of sp³-hybridized carbons (Fsp3) is 0.0625. The quantitative estimate of drug-likeness (QED) is 0.603. The lowest BCUT2D eigenvalue weighted by Crippen LogP contribution is -2.12. The van der Waals surface area contributed by atoms with E-state index in [0.29, 0.717) is 18.2 Å². The van der Waals surface area contributed by atoms with Crippen LogP contribution in [0.1, 0.15) is 47.1 Å². The van der Waals surface area contributed by atoms with Gasteiger partial charge in [0, 0.05) is 6.20 Å². The first-order chi connectivity index (χ1) is 12.8. The Labute approximate surface area is 153 Å². The molecule has 12 heteroatoms. The van der Waals surface area contributed by atoms with E-state index in [9.17, 15) is 32.3 Å². The van der Waals surface area contributed by atoms with Gasteiger partial charge in [0.2, 0.25) is 0 Å². The summed E-state index contributed by atoms with van der Waals surface area (Å²) >= 11 is 0. The molecule has 9 nitrogen and oxygen atoms in total. The smallest absolute Gasteiger partial charge is 0.416 e. The molecule has 0 amide bonds. The Morgan fingerprint density at radius 1 is 0.750 bits per heavy atom. The molecule has 1 aromatic heterocycles. The zero-order valence-electron chi connectivity index (χ0n) is 13.5. The number of hydrogen-bond acceptors (Lipinski definition) is 5. The Morgan fingerprint density at radius 3 is 1.68 bits per heavy atom. The largest absolute Gasteiger partial charge is 0.478 e. The number of aromatic nitrogens is 1. The van der Waals surface area contributed by atoms with Crippen molar-refractivity contribution in [2.45, 2.75) is 6.18 Å². The molecule has 0 aliphatic rings. The molecule has 0 aliphatic carbocycles. The number of nitrogens with zero attached hydrogens (tertiary/aromatic N) is 1. The molecule has 0 fully saturated rings. The molecule has 2 rings (SSSR count). The van der Waals surface area contributed by atoms with E-state index in [-0.39, 0.29) is 11.3 Å². The van der Waals surface area contributed by atoms with Crippen molar-refractivity contribution < 1.29 is 52.8 Å². The highest BCUT2D eigenvalue weighted by atomic mass is 19.4. The monoisotopic (exact) mass is 401 g/mol. The molecule has 0 spiro atoms. The summed E-state index contributed by atoms with van der Waals surface area (Å²) in [5.74, 6) is -5.61. The topological polar surface area (TPSA) is 162 Å². The summed E-state index contributed by atoms with van der Waals surface area (Å²) in [5.41, 5.74) is -2.96. The zero-order chi connectivity index (χ0) is 21.6. The first kappa shape index (κ1) is 22.1. The molecule has 4 N–H and O–H groups in total. The highest BCUT2D eigenvalue weighted by Gasteiger charge is 2.32. The van der Waals surface area contributed by atoms with Gasteiger partial charge in [-0.25, -0.2) is 24.2 Å². The van der Waals surface area contributed by atoms with Crippen LogP contribution < -0.4 is 0 Å². The first-order valence-corrected chi connectivity index (χ1v) is 6.95. The van der Waals surface area contributed by atoms with E-state index in [1.807, 2.05) is 0 Å². The van der Waals surface area contributed by atoms with Crippen molar-refractivity contribution in [1.82, 2.24) is 4.98 Å². The average Bonchev–Trinajstić information content (AvgIpc) is 2.60. The lowest BCUT2D eigenvalue weighted by molar-refractivity contribution is -0.137. The molecule has 0 radical (unpaired) electrons. The van der Waals surface area contributed by atoms with E-state index in [1.54, 1.807) is 0 Å². The third-order valence-corrected chi connectivity index (χ3v) is 3.04. The standard InChI is InChI=1S/C9H5F3O4.C7H5NO4/c10-9(11,12)4-1-2-5(7(13)14)6(3-4)8(15)16;9-6(10)4-1-2-5(7(11)12)8-3-4/h1-3H,(H,13,14)(H,15,16);1-3H,(H,9,10)(H,11,12). The maximum atomic E-state index is 12.2. The van der Waals surface area contributed by atoms with Crippen LogP contribution >= 0.6 is 0 Å². The van der Waals surface area contributed by atoms with Crippen LogP contribution in [0.15, 0.2) is 36.5 Å². The molecule has 28 heavy (non-hydrogen) atoms. The minimum absolute atomic E-state index is 0.0278. The molecule has 0 unspecified atom stereocenters. The molecule has 0 saturated heterocycles. The van der Waals surface area contributed by atoms with Gasteiger partial charge in [0.1, 0.15) is 5.69 Å². The van der Waals surface area contributed by atoms with E-state index in [4.69, 9.17) is 20.4 Å². The van der Waals surface area contributed by atoms with Gasteiger partial charge in [0.05, 0.1) is 22.3 Å². The fourth-order valence-electron chi connectivity index (χ4n) is 1.73. The highest BCUT2D eigenvalue weighted by molar-refractivity contribution is 6.01. The van der Waals surface area contributed by atoms with Gasteiger partial charge in [0.15, 0.2) is 0 Å². The van der Waals surface area contributed by atoms with Crippen LogP contribution in [0.25, 0.3) is 0 Å². The Kier molecular flexibility index (Phi) is 6.80. The number of hydrogen-bond donors (Lipinski definition) is 4. The predicted octanol–water partition coefficient (Wildman–Crippen LogP) is 2.58. The summed E-state index contributed by atoms with van der Waals surface area (Å²) in [7, 11) is 0. The number of aromatic carboxylic acids is 4. The minimum Gasteiger partial charge on any atom is -0.478 e. The normalized spacial score (nSPS) is 10.4. The number of benzene rings is 1. The summed E-state index contributed by atoms with van der Waals surface area (Å²) in [6.07, 6.45) is -3.70. The van der Waals surface area contributed by atoms with Gasteiger partial charge in [-0.15, -0.1) is 0 Å². The summed E-state index contributed by atoms with van der Waals surface area (Å²) in [6, 6.07) is 3.78. The number of carbonyl (C=O) groups is 4. The minimum atomic E-state index is -4.71. The van der Waals surface area contributed by atoms with Crippen LogP contribution in [0.2, 0.25) is 0 Å². The third kappa shape index (κ3) is 5.79. The van der Waals surface area contributed by atoms with Gasteiger partial charge in [0.25, 0.3) is 0 Å². The van der Waals surface area contributed by atoms with Crippen molar-refractivity contribution >= 4 is 23.9 Å². The molecule has 0 aliphatic heterocycles. The molecular weight excluding hydrogens is 391 g/mol. The summed E-state index contributed by atoms with van der Waals surface area (Å²) in [4.78, 5) is 45.1. The number of alkyl halides is 3. The van der Waals surface area contributed by atoms with Gasteiger partial charge in [-0.2, -0.15) is 13.2 Å². The molecule has 148 valence electrons. The second kappa shape index (κ2) is 8.62. The predicted molar refractivity (Wildman–Crippen MR) is 83.5 cm³/mol. The van der Waals surface area contributed by atoms with Gasteiger partial charge >= 0.3 is 30.1 Å². The van der Waals surface area contributed by atoms with Gasteiger partial charge in [-0.05, 0) is 30.3 Å². The van der Waals surface area contributed by atoms with Crippen molar-refractivity contribution in [2.24, 2.45) is 0 Å². The van der Waals surface area contributed by atoms with Crippen LogP contribution in [0.5, 0.6) is 0 Å². The molecule has 0 saturated carbocycles. The van der Waals surface area contributed by atoms with Crippen LogP contribution in [-0.2, 0) is 6.18 Å². The molecular formula is C16H10F3NO8. The number of rotatable bonds is 4. The second-order valence-electron chi connectivity index (χ2n) is 4.91. The SMILES string of the molecule is O=C(O)c1ccc(C(=O)O)nc1.O=C(O)c1ccc(C(F)(F)F)cc1C(=O)O. The Hall–Kier alpha value is -3.96. The lowest BCUT2D eigenvalue weighted by Gasteiger charge is -2.08. The van der Waals surface area contributed by atoms with Crippen LogP contribution in [0.3, 0.4) is 0 Å². The number of carboxylic acid groups (broad SMARTS) is 4. The molecule has 1 aromatic carbocycles. The van der Waals surface area contributed by atoms with Gasteiger partial charge < -0.3 is 20.4 Å². The number of pyridine rings is 1. The summed E-state index contributed by atoms with van der Waals surface area (Å²) in [6.45, 7) is 0. The van der Waals surface area contributed by atoms with E-state index >= 15 is 0 Å². The van der Waals surface area contributed by atoms with E-state index in [2.05, 4.69) is 4.98 Å². The van der Waals surface area contributed by atoms with Crippen molar-refractivity contribution in [3.63, 3.8) is 0 Å². The van der Waals surface area contributed by atoms with Crippen molar-refractivity contribution in [1.29, 1.82) is 0 Å². The molecule has 0 atom stereocenters. The first-order valence-electron chi connectivity index (χ1n) is 6.95. The van der Waals surface area contributed by atoms with E-state index in [1.165, 1.54) is 6.07 Å². The molecule has 0 bridgehead atoms. The van der Waals surface area contributed by atoms with Gasteiger partial charge in [-0.3, -0.25) is 0 Å². The maximum Gasteiger partial charge on any atom is 0.416 e. The van der Waals surface area contributed by atoms with Crippen LogP contribution in [0.4, 0.5) is 13.2 Å². The summed E-state index contributed by atoms with van der Waals surface area (Å²) in [5, 5.41) is 34.0. The third-order valence-electron chi connectivity index (χ3n) is 3.04. The Bertz CT molecular complexity index is 889. The van der Waals surface area contributed by atoms with Crippen LogP contribution in [0, 0.1) is 0 Å². The number of halogens is 3. The lowest BCUT2D eigenvalue weighted by atomic mass is 10.0. The Morgan fingerprint density at radius 2 is 1.32 bits per heavy atom. The van der Waals surface area contributed by atoms with Crippen LogP contribution in [-0.4, -0.2) is 49.3 Å². The maximum absolute atomic E-state index is 12.2. The van der Waals surface area contributed by atoms with Crippen molar-refractivity contribution in [3.05, 3.63) is 64.5 Å². The zero-order valence-corrected chi connectivity index (χ0v) is 13.5. The number of carboxylic acids is 4. The molecule has 2 aromatic rings. The van der Waals surface area contributed by atoms with Gasteiger partial charge in [-0.1, -0.05) is 0 Å². The molecule has 1 heterocycles. The van der Waals surface area contributed by atoms with E-state index in [0.717, 1.165) is 12.3 Å². The fourth-order valence-corrected chi connectivity index (χ4v) is 1.73. The van der Waals surface area contributed by atoms with Crippen molar-refractivity contribution in [3.8, 4) is 0 Å². The average molecular weight is 401 g/mol. The van der Waals surface area contributed by atoms with Crippen molar-refractivity contribution in [2.75, 3.05) is 0 Å². The Balaban J connectivity index is 0.000000292. The second-order valence-corrected chi connectivity index (χ2v) is 4.91. The highest BCUT2D eigenvalue weighted by Crippen LogP contribution is 2.30. The summed E-state index contributed by atoms with van der Waals surface area (Å²) < 4.78 is 36.7. The van der Waals surface area contributed by atoms with E-state index < -0.39 is 46.7 Å².